The van der Waals surface area contributed by atoms with Gasteiger partial charge in [-0.3, -0.25) is 5.32 Å². The number of aryl methyl sites for hydroxylation is 1. The summed E-state index contributed by atoms with van der Waals surface area (Å²) in [4.78, 5) is 23.5. The van der Waals surface area contributed by atoms with E-state index in [9.17, 15) is 22.8 Å². The third-order valence-electron chi connectivity index (χ3n) is 5.03. The minimum Gasteiger partial charge on any atom is -0.479 e. The number of carbonyl (C=O) groups is 2. The molecule has 3 rings (SSSR count). The van der Waals surface area contributed by atoms with Crippen molar-refractivity contribution in [2.24, 2.45) is 0 Å². The van der Waals surface area contributed by atoms with E-state index in [1.807, 2.05) is 0 Å². The van der Waals surface area contributed by atoms with Gasteiger partial charge in [-0.05, 0) is 18.9 Å². The van der Waals surface area contributed by atoms with E-state index in [-0.39, 0.29) is 29.3 Å². The number of carboxylic acids is 1. The van der Waals surface area contributed by atoms with Gasteiger partial charge in [-0.15, -0.1) is 0 Å². The van der Waals surface area contributed by atoms with Crippen LogP contribution < -0.4 is 5.32 Å². The number of benzene rings is 2. The van der Waals surface area contributed by atoms with Crippen LogP contribution in [-0.2, 0) is 20.9 Å². The Kier molecular flexibility index (Phi) is 8.13. The molecule has 2 unspecified atom stereocenters. The summed E-state index contributed by atoms with van der Waals surface area (Å²) in [5.41, 5.74) is 1.24. The molecule has 0 aliphatic carbocycles. The number of carboxylic acid groups (broad SMARTS) is 1. The molecule has 0 radical (unpaired) electrons. The lowest BCUT2D eigenvalue weighted by Gasteiger charge is -2.21. The Labute approximate surface area is 198 Å². The number of hydrogen-bond donors (Lipinski definition) is 2. The molecule has 0 bridgehead atoms. The highest BCUT2D eigenvalue weighted by Crippen LogP contribution is 2.37. The zero-order valence-electron chi connectivity index (χ0n) is 18.8. The summed E-state index contributed by atoms with van der Waals surface area (Å²) in [6.45, 7) is 3.28. The number of nitrogens with zero attached hydrogens (tertiary/aromatic N) is 1. The summed E-state index contributed by atoms with van der Waals surface area (Å²) in [7, 11) is 0. The van der Waals surface area contributed by atoms with Crippen molar-refractivity contribution in [3.8, 4) is 11.3 Å². The van der Waals surface area contributed by atoms with Gasteiger partial charge < -0.3 is 19.1 Å². The smallest absolute Gasteiger partial charge is 0.429 e. The number of amides is 1. The Bertz CT molecular complexity index is 1150. The number of alkyl halides is 3. The van der Waals surface area contributed by atoms with Gasteiger partial charge in [0.2, 0.25) is 6.10 Å². The van der Waals surface area contributed by atoms with Crippen LogP contribution in [-0.4, -0.2) is 34.6 Å². The van der Waals surface area contributed by atoms with Crippen molar-refractivity contribution >= 4 is 17.7 Å². The van der Waals surface area contributed by atoms with Crippen LogP contribution >= 0.6 is 0 Å². The zero-order valence-corrected chi connectivity index (χ0v) is 18.8. The summed E-state index contributed by atoms with van der Waals surface area (Å²) in [5.74, 6) is -0.934. The van der Waals surface area contributed by atoms with E-state index in [1.165, 1.54) is 31.2 Å². The van der Waals surface area contributed by atoms with Gasteiger partial charge in [-0.25, -0.2) is 9.59 Å². The monoisotopic (exact) mass is 492 g/mol. The predicted molar refractivity (Wildman–Crippen MR) is 119 cm³/mol. The Hall–Kier alpha value is -3.86. The molecule has 2 aromatic carbocycles. The molecule has 3 aromatic rings. The van der Waals surface area contributed by atoms with Crippen LogP contribution in [0.5, 0.6) is 0 Å². The summed E-state index contributed by atoms with van der Waals surface area (Å²) < 4.78 is 55.9. The van der Waals surface area contributed by atoms with E-state index in [1.54, 1.807) is 37.3 Å². The standard InChI is InChI=1S/C24H23F3N2O6/c1-3-18(22(30)31)33-13-15-9-11-16(12-10-15)20-19(14(2)29-35-20)28-23(32)34-21(24(25,26)27)17-7-5-4-6-8-17/h4-12,18,21H,3,13H2,1-2H3,(H,28,32)(H,30,31). The maximum Gasteiger partial charge on any atom is 0.429 e. The Morgan fingerprint density at radius 3 is 2.34 bits per heavy atom. The quantitative estimate of drug-likeness (QED) is 0.384. The maximum atomic E-state index is 13.5. The first-order chi connectivity index (χ1) is 16.6. The van der Waals surface area contributed by atoms with Gasteiger partial charge in [0.15, 0.2) is 11.9 Å². The van der Waals surface area contributed by atoms with E-state index >= 15 is 0 Å². The van der Waals surface area contributed by atoms with E-state index < -0.39 is 30.4 Å². The van der Waals surface area contributed by atoms with Crippen LogP contribution in [0.15, 0.2) is 59.1 Å². The molecule has 0 aliphatic rings. The number of anilines is 1. The molecule has 35 heavy (non-hydrogen) atoms. The molecule has 11 heteroatoms. The van der Waals surface area contributed by atoms with Gasteiger partial charge in [-0.1, -0.05) is 66.7 Å². The normalized spacial score (nSPS) is 13.2. The molecule has 8 nitrogen and oxygen atoms in total. The average Bonchev–Trinajstić information content (AvgIpc) is 3.18. The lowest BCUT2D eigenvalue weighted by molar-refractivity contribution is -0.205. The molecule has 0 fully saturated rings. The van der Waals surface area contributed by atoms with Crippen LogP contribution in [0.1, 0.15) is 36.3 Å². The van der Waals surface area contributed by atoms with Gasteiger partial charge in [0.1, 0.15) is 11.4 Å². The second-order valence-electron chi connectivity index (χ2n) is 7.58. The van der Waals surface area contributed by atoms with Crippen molar-refractivity contribution in [2.75, 3.05) is 5.32 Å². The van der Waals surface area contributed by atoms with Crippen LogP contribution in [0, 0.1) is 6.92 Å². The molecular weight excluding hydrogens is 469 g/mol. The largest absolute Gasteiger partial charge is 0.479 e. The number of rotatable bonds is 9. The number of aliphatic carboxylic acids is 1. The molecule has 1 amide bonds. The van der Waals surface area contributed by atoms with Crippen molar-refractivity contribution < 1.29 is 41.9 Å². The molecule has 0 saturated carbocycles. The van der Waals surface area contributed by atoms with Crippen molar-refractivity contribution in [2.45, 2.75) is 45.3 Å². The fourth-order valence-corrected chi connectivity index (χ4v) is 3.22. The molecule has 1 heterocycles. The van der Waals surface area contributed by atoms with Crippen LogP contribution in [0.2, 0.25) is 0 Å². The maximum absolute atomic E-state index is 13.5. The number of halogens is 3. The van der Waals surface area contributed by atoms with E-state index in [4.69, 9.17) is 19.1 Å². The average molecular weight is 492 g/mol. The highest BCUT2D eigenvalue weighted by atomic mass is 19.4. The first-order valence-corrected chi connectivity index (χ1v) is 10.6. The van der Waals surface area contributed by atoms with E-state index in [0.29, 0.717) is 17.5 Å². The topological polar surface area (TPSA) is 111 Å². The van der Waals surface area contributed by atoms with Crippen LogP contribution in [0.3, 0.4) is 0 Å². The zero-order chi connectivity index (χ0) is 25.6. The number of nitrogens with one attached hydrogen (secondary N) is 1. The molecule has 0 saturated heterocycles. The van der Waals surface area contributed by atoms with Gasteiger partial charge in [0, 0.05) is 11.1 Å². The molecule has 1 aromatic heterocycles. The highest BCUT2D eigenvalue weighted by molar-refractivity contribution is 5.90. The van der Waals surface area contributed by atoms with Crippen molar-refractivity contribution in [1.82, 2.24) is 5.16 Å². The summed E-state index contributed by atoms with van der Waals surface area (Å²) in [6.07, 6.45) is -9.21. The van der Waals surface area contributed by atoms with Gasteiger partial charge >= 0.3 is 18.2 Å². The fraction of sp³-hybridized carbons (Fsp3) is 0.292. The van der Waals surface area contributed by atoms with E-state index in [0.717, 1.165) is 0 Å². The van der Waals surface area contributed by atoms with Crippen molar-refractivity contribution in [3.63, 3.8) is 0 Å². The number of carbonyl (C=O) groups excluding carboxylic acids is 1. The molecule has 186 valence electrons. The molecule has 0 spiro atoms. The first kappa shape index (κ1) is 25.8. The Morgan fingerprint density at radius 1 is 1.11 bits per heavy atom. The fourth-order valence-electron chi connectivity index (χ4n) is 3.22. The second-order valence-corrected chi connectivity index (χ2v) is 7.58. The number of aromatic nitrogens is 1. The number of ether oxygens (including phenoxy) is 2. The minimum absolute atomic E-state index is 0.0601. The van der Waals surface area contributed by atoms with Crippen LogP contribution in [0.4, 0.5) is 23.7 Å². The molecule has 2 atom stereocenters. The highest BCUT2D eigenvalue weighted by Gasteiger charge is 2.44. The van der Waals surface area contributed by atoms with Gasteiger partial charge in [0.05, 0.1) is 6.61 Å². The second kappa shape index (κ2) is 11.0. The van der Waals surface area contributed by atoms with Crippen molar-refractivity contribution in [3.05, 3.63) is 71.4 Å². The van der Waals surface area contributed by atoms with Crippen molar-refractivity contribution in [1.29, 1.82) is 0 Å². The third kappa shape index (κ3) is 6.60. The van der Waals surface area contributed by atoms with Gasteiger partial charge in [-0.2, -0.15) is 13.2 Å². The van der Waals surface area contributed by atoms with Gasteiger partial charge in [0.25, 0.3) is 0 Å². The molecule has 0 aliphatic heterocycles. The summed E-state index contributed by atoms with van der Waals surface area (Å²) >= 11 is 0. The van der Waals surface area contributed by atoms with E-state index in [2.05, 4.69) is 10.5 Å². The Balaban J connectivity index is 1.73. The lowest BCUT2D eigenvalue weighted by atomic mass is 10.1. The SMILES string of the molecule is CCC(OCc1ccc(-c2onc(C)c2NC(=O)OC(c2ccccc2)C(F)(F)F)cc1)C(=O)O. The summed E-state index contributed by atoms with van der Waals surface area (Å²) in [5, 5.41) is 15.1. The first-order valence-electron chi connectivity index (χ1n) is 10.6. The molecule has 2 N–H and O–H groups in total. The van der Waals surface area contributed by atoms with Crippen LogP contribution in [0.25, 0.3) is 11.3 Å². The number of hydrogen-bond acceptors (Lipinski definition) is 6. The molecular formula is C24H23F3N2O6. The lowest BCUT2D eigenvalue weighted by Crippen LogP contribution is -2.28. The predicted octanol–water partition coefficient (Wildman–Crippen LogP) is 5.88. The summed E-state index contributed by atoms with van der Waals surface area (Å²) in [6, 6.07) is 13.4. The minimum atomic E-state index is -4.82. The third-order valence-corrected chi connectivity index (χ3v) is 5.03. The Morgan fingerprint density at radius 2 is 1.77 bits per heavy atom.